The Bertz CT molecular complexity index is 1090. The van der Waals surface area contributed by atoms with E-state index in [4.69, 9.17) is 10.5 Å². The summed E-state index contributed by atoms with van der Waals surface area (Å²) in [7, 11) is 0. The summed E-state index contributed by atoms with van der Waals surface area (Å²) in [4.78, 5) is 18.5. The van der Waals surface area contributed by atoms with E-state index in [1.54, 1.807) is 0 Å². The van der Waals surface area contributed by atoms with Crippen LogP contribution in [0.3, 0.4) is 0 Å². The van der Waals surface area contributed by atoms with Gasteiger partial charge in [-0.1, -0.05) is 81.4 Å². The summed E-state index contributed by atoms with van der Waals surface area (Å²) in [5.74, 6) is 0.108. The Morgan fingerprint density at radius 2 is 1.81 bits per heavy atom. The normalized spacial score (nSPS) is 23.4. The highest BCUT2D eigenvalue weighted by atomic mass is 16.5. The van der Waals surface area contributed by atoms with Crippen molar-refractivity contribution in [3.8, 4) is 0 Å². The van der Waals surface area contributed by atoms with Crippen molar-refractivity contribution in [2.75, 3.05) is 13.2 Å². The third kappa shape index (κ3) is 6.02. The number of hydrogen-bond donors (Lipinski definition) is 2. The maximum atomic E-state index is 14.0. The van der Waals surface area contributed by atoms with Gasteiger partial charge in [-0.3, -0.25) is 4.79 Å². The van der Waals surface area contributed by atoms with Crippen molar-refractivity contribution in [1.82, 2.24) is 15.1 Å². The van der Waals surface area contributed by atoms with Gasteiger partial charge >= 0.3 is 0 Å². The summed E-state index contributed by atoms with van der Waals surface area (Å²) >= 11 is 0. The fraction of sp³-hybridized carbons (Fsp3) is 0.516. The van der Waals surface area contributed by atoms with Gasteiger partial charge in [-0.25, -0.2) is 0 Å². The number of nitrogens with zero attached hydrogens (tertiary/aromatic N) is 2. The zero-order valence-electron chi connectivity index (χ0n) is 22.5. The van der Waals surface area contributed by atoms with Crippen LogP contribution in [0.15, 0.2) is 66.9 Å². The van der Waals surface area contributed by atoms with Gasteiger partial charge < -0.3 is 25.6 Å². The smallest absolute Gasteiger partial charge is 0.252 e. The summed E-state index contributed by atoms with van der Waals surface area (Å²) in [5.41, 5.74) is 9.68. The largest absolute Gasteiger partial charge is 0.368 e. The van der Waals surface area contributed by atoms with E-state index in [9.17, 15) is 4.79 Å². The summed E-state index contributed by atoms with van der Waals surface area (Å²) in [6, 6.07) is 20.9. The Balaban J connectivity index is 1.50. The minimum absolute atomic E-state index is 0.0892. The van der Waals surface area contributed by atoms with Gasteiger partial charge in [-0.05, 0) is 48.6 Å². The molecule has 1 saturated carbocycles. The van der Waals surface area contributed by atoms with Crippen LogP contribution in [0.5, 0.6) is 0 Å². The zero-order chi connectivity index (χ0) is 26.0. The molecule has 2 aromatic rings. The van der Waals surface area contributed by atoms with Crippen LogP contribution >= 0.6 is 0 Å². The maximum absolute atomic E-state index is 14.0. The fourth-order valence-corrected chi connectivity index (χ4v) is 5.71. The van der Waals surface area contributed by atoms with E-state index < -0.39 is 0 Å². The van der Waals surface area contributed by atoms with Crippen molar-refractivity contribution in [1.29, 1.82) is 0 Å². The van der Waals surface area contributed by atoms with Crippen LogP contribution < -0.4 is 11.1 Å². The monoisotopic (exact) mass is 502 g/mol. The second-order valence-electron chi connectivity index (χ2n) is 12.1. The summed E-state index contributed by atoms with van der Waals surface area (Å²) in [5, 5.41) is 3.84. The SMILES string of the molecule is CC(C)(C)[C@H](C1NC(c2ccccc2)=CN1Cc1ccccc1)N(CCC1(N)CC1)C(=O)[C@@H]1CCCO1. The molecular weight excluding hydrogens is 460 g/mol. The van der Waals surface area contributed by atoms with Gasteiger partial charge in [0.1, 0.15) is 12.3 Å². The lowest BCUT2D eigenvalue weighted by atomic mass is 9.82. The fourth-order valence-electron chi connectivity index (χ4n) is 5.71. The summed E-state index contributed by atoms with van der Waals surface area (Å²) in [6.07, 6.45) is 6.41. The Hall–Kier alpha value is -2.83. The standard InChI is InChI=1S/C31H42N4O2/c1-30(2,3)27(35(19-18-31(32)16-17-31)29(36)26-15-10-20-37-26)28-33-25(24-13-8-5-9-14-24)22-34(28)21-23-11-6-4-7-12-23/h4-9,11-14,22,26-28,33H,10,15-21,32H2,1-3H3/t26-,27-,28?/m0/s1. The zero-order valence-corrected chi connectivity index (χ0v) is 22.5. The molecule has 6 heteroatoms. The number of ether oxygens (including phenoxy) is 1. The molecule has 1 unspecified atom stereocenters. The van der Waals surface area contributed by atoms with Crippen molar-refractivity contribution in [3.63, 3.8) is 0 Å². The highest BCUT2D eigenvalue weighted by molar-refractivity contribution is 5.82. The molecule has 1 amide bonds. The Labute approximate surface area is 221 Å². The average Bonchev–Trinajstić information content (AvgIpc) is 3.25. The van der Waals surface area contributed by atoms with E-state index in [0.717, 1.165) is 49.9 Å². The molecule has 2 aliphatic heterocycles. The third-order valence-electron chi connectivity index (χ3n) is 8.00. The first kappa shape index (κ1) is 25.8. The molecule has 37 heavy (non-hydrogen) atoms. The second-order valence-corrected chi connectivity index (χ2v) is 12.1. The van der Waals surface area contributed by atoms with Crippen LogP contribution in [0.4, 0.5) is 0 Å². The van der Waals surface area contributed by atoms with Crippen LogP contribution in [0.2, 0.25) is 0 Å². The molecule has 1 saturated heterocycles. The van der Waals surface area contributed by atoms with Gasteiger partial charge in [-0.2, -0.15) is 0 Å². The van der Waals surface area contributed by atoms with Crippen molar-refractivity contribution in [2.45, 2.75) is 83.3 Å². The van der Waals surface area contributed by atoms with Crippen molar-refractivity contribution < 1.29 is 9.53 Å². The molecule has 3 aliphatic rings. The number of amides is 1. The first-order chi connectivity index (χ1) is 17.7. The van der Waals surface area contributed by atoms with E-state index in [0.29, 0.717) is 13.2 Å². The number of carbonyl (C=O) groups excluding carboxylic acids is 1. The lowest BCUT2D eigenvalue weighted by molar-refractivity contribution is -0.148. The Morgan fingerprint density at radius 1 is 1.14 bits per heavy atom. The molecular formula is C31H42N4O2. The molecule has 0 bridgehead atoms. The average molecular weight is 503 g/mol. The molecule has 1 aliphatic carbocycles. The van der Waals surface area contributed by atoms with Gasteiger partial charge in [0, 0.05) is 31.4 Å². The van der Waals surface area contributed by atoms with Crippen molar-refractivity contribution in [3.05, 3.63) is 78.0 Å². The molecule has 2 fully saturated rings. The molecule has 198 valence electrons. The highest BCUT2D eigenvalue weighted by Gasteiger charge is 2.47. The van der Waals surface area contributed by atoms with E-state index in [-0.39, 0.29) is 35.2 Å². The quantitative estimate of drug-likeness (QED) is 0.519. The van der Waals surface area contributed by atoms with Crippen LogP contribution in [0.25, 0.3) is 5.70 Å². The highest BCUT2D eigenvalue weighted by Crippen LogP contribution is 2.39. The van der Waals surface area contributed by atoms with E-state index >= 15 is 0 Å². The molecule has 5 rings (SSSR count). The summed E-state index contributed by atoms with van der Waals surface area (Å²) in [6.45, 7) is 8.79. The predicted molar refractivity (Wildman–Crippen MR) is 148 cm³/mol. The minimum atomic E-state index is -0.358. The molecule has 0 radical (unpaired) electrons. The number of hydrogen-bond acceptors (Lipinski definition) is 5. The number of carbonyl (C=O) groups is 1. The second kappa shape index (κ2) is 10.5. The Morgan fingerprint density at radius 3 is 2.41 bits per heavy atom. The lowest BCUT2D eigenvalue weighted by Crippen LogP contribution is -2.62. The minimum Gasteiger partial charge on any atom is -0.368 e. The van der Waals surface area contributed by atoms with Gasteiger partial charge in [0.15, 0.2) is 0 Å². The number of benzene rings is 2. The molecule has 6 nitrogen and oxygen atoms in total. The van der Waals surface area contributed by atoms with Gasteiger partial charge in [0.2, 0.25) is 0 Å². The van der Waals surface area contributed by atoms with Gasteiger partial charge in [0.05, 0.1) is 11.7 Å². The van der Waals surface area contributed by atoms with Crippen molar-refractivity contribution >= 4 is 11.6 Å². The van der Waals surface area contributed by atoms with Gasteiger partial charge in [-0.15, -0.1) is 0 Å². The van der Waals surface area contributed by atoms with E-state index in [2.05, 4.69) is 96.7 Å². The van der Waals surface area contributed by atoms with Gasteiger partial charge in [0.25, 0.3) is 5.91 Å². The van der Waals surface area contributed by atoms with E-state index in [1.807, 2.05) is 6.07 Å². The first-order valence-corrected chi connectivity index (χ1v) is 13.8. The summed E-state index contributed by atoms with van der Waals surface area (Å²) < 4.78 is 5.91. The number of nitrogens with two attached hydrogens (primary N) is 1. The molecule has 3 atom stereocenters. The van der Waals surface area contributed by atoms with Crippen molar-refractivity contribution in [2.24, 2.45) is 11.1 Å². The van der Waals surface area contributed by atoms with Crippen LogP contribution in [-0.2, 0) is 16.1 Å². The van der Waals surface area contributed by atoms with E-state index in [1.165, 1.54) is 5.56 Å². The predicted octanol–water partition coefficient (Wildman–Crippen LogP) is 4.72. The Kier molecular flexibility index (Phi) is 7.32. The molecule has 3 N–H and O–H groups in total. The van der Waals surface area contributed by atoms with Crippen LogP contribution in [0.1, 0.15) is 64.0 Å². The molecule has 2 aromatic carbocycles. The maximum Gasteiger partial charge on any atom is 0.252 e. The third-order valence-corrected chi connectivity index (χ3v) is 8.00. The first-order valence-electron chi connectivity index (χ1n) is 13.8. The molecule has 0 spiro atoms. The lowest BCUT2D eigenvalue weighted by Gasteiger charge is -2.47. The van der Waals surface area contributed by atoms with Crippen LogP contribution in [-0.4, -0.2) is 52.7 Å². The van der Waals surface area contributed by atoms with Crippen LogP contribution in [0, 0.1) is 5.41 Å². The molecule has 2 heterocycles. The number of rotatable bonds is 9. The molecule has 0 aromatic heterocycles. The topological polar surface area (TPSA) is 70.8 Å². The number of nitrogens with one attached hydrogen (secondary N) is 1.